The second-order valence-electron chi connectivity index (χ2n) is 3.54. The van der Waals surface area contributed by atoms with Crippen molar-refractivity contribution < 1.29 is 19.7 Å². The Labute approximate surface area is 98.4 Å². The summed E-state index contributed by atoms with van der Waals surface area (Å²) in [7, 11) is 0. The lowest BCUT2D eigenvalue weighted by Crippen LogP contribution is -2.13. The minimum absolute atomic E-state index is 0.00397. The number of benzene rings is 1. The molecular weight excluding hydrogens is 232 g/mol. The number of hydrogen-bond acceptors (Lipinski definition) is 3. The van der Waals surface area contributed by atoms with Gasteiger partial charge in [-0.15, -0.1) is 0 Å². The number of ether oxygens (including phenoxy) is 1. The van der Waals surface area contributed by atoms with E-state index in [0.29, 0.717) is 5.02 Å². The van der Waals surface area contributed by atoms with E-state index in [0.717, 1.165) is 0 Å². The molecule has 4 nitrogen and oxygen atoms in total. The standard InChI is InChI=1S/C11H13ClO4/c1-7(5-13)6-16-10-3-2-8(12)4-9(10)11(14)15/h2-4,7,13H,5-6H2,1H3,(H,14,15). The molecule has 1 aromatic carbocycles. The van der Waals surface area contributed by atoms with Crippen LogP contribution < -0.4 is 4.74 Å². The summed E-state index contributed by atoms with van der Waals surface area (Å²) in [5.74, 6) is -0.872. The molecule has 88 valence electrons. The number of hydrogen-bond donors (Lipinski definition) is 2. The van der Waals surface area contributed by atoms with Crippen LogP contribution in [0.1, 0.15) is 17.3 Å². The lowest BCUT2D eigenvalue weighted by molar-refractivity contribution is 0.0690. The highest BCUT2D eigenvalue weighted by molar-refractivity contribution is 6.31. The molecule has 0 saturated heterocycles. The van der Waals surface area contributed by atoms with Crippen molar-refractivity contribution in [2.45, 2.75) is 6.92 Å². The largest absolute Gasteiger partial charge is 0.492 e. The minimum atomic E-state index is -1.09. The summed E-state index contributed by atoms with van der Waals surface area (Å²) in [4.78, 5) is 10.9. The van der Waals surface area contributed by atoms with Crippen molar-refractivity contribution in [3.05, 3.63) is 28.8 Å². The lowest BCUT2D eigenvalue weighted by atomic mass is 10.2. The predicted molar refractivity (Wildman–Crippen MR) is 60.2 cm³/mol. The molecule has 1 aromatic rings. The van der Waals surface area contributed by atoms with Gasteiger partial charge in [0.1, 0.15) is 11.3 Å². The normalized spacial score (nSPS) is 12.2. The molecule has 0 aliphatic rings. The highest BCUT2D eigenvalue weighted by atomic mass is 35.5. The summed E-state index contributed by atoms with van der Waals surface area (Å²) in [5.41, 5.74) is 0.0256. The van der Waals surface area contributed by atoms with Crippen molar-refractivity contribution in [1.29, 1.82) is 0 Å². The van der Waals surface area contributed by atoms with E-state index in [1.165, 1.54) is 12.1 Å². The number of aliphatic hydroxyl groups excluding tert-OH is 1. The number of carbonyl (C=O) groups is 1. The van der Waals surface area contributed by atoms with Crippen molar-refractivity contribution in [3.63, 3.8) is 0 Å². The van der Waals surface area contributed by atoms with Crippen LogP contribution >= 0.6 is 11.6 Å². The molecule has 1 rings (SSSR count). The Morgan fingerprint density at radius 2 is 2.25 bits per heavy atom. The van der Waals surface area contributed by atoms with Gasteiger partial charge in [0.05, 0.1) is 6.61 Å². The third-order valence-corrected chi connectivity index (χ3v) is 2.24. The van der Waals surface area contributed by atoms with E-state index in [1.807, 2.05) is 0 Å². The lowest BCUT2D eigenvalue weighted by Gasteiger charge is -2.12. The van der Waals surface area contributed by atoms with Crippen molar-refractivity contribution in [3.8, 4) is 5.75 Å². The summed E-state index contributed by atoms with van der Waals surface area (Å²) >= 11 is 5.69. The van der Waals surface area contributed by atoms with Gasteiger partial charge in [-0.05, 0) is 18.2 Å². The first-order valence-corrected chi connectivity index (χ1v) is 5.19. The Balaban J connectivity index is 2.82. The van der Waals surface area contributed by atoms with Crippen LogP contribution in [0.3, 0.4) is 0 Å². The van der Waals surface area contributed by atoms with Crippen LogP contribution in [0.2, 0.25) is 5.02 Å². The summed E-state index contributed by atoms with van der Waals surface area (Å²) in [6.45, 7) is 2.06. The third-order valence-electron chi connectivity index (χ3n) is 2.01. The third kappa shape index (κ3) is 3.40. The van der Waals surface area contributed by atoms with Gasteiger partial charge < -0.3 is 14.9 Å². The Kier molecular flexibility index (Phi) is 4.58. The maximum Gasteiger partial charge on any atom is 0.339 e. The molecule has 1 atom stereocenters. The van der Waals surface area contributed by atoms with Crippen LogP contribution in [0.4, 0.5) is 0 Å². The highest BCUT2D eigenvalue weighted by Gasteiger charge is 2.12. The summed E-state index contributed by atoms with van der Waals surface area (Å²) in [6.07, 6.45) is 0. The zero-order chi connectivity index (χ0) is 12.1. The minimum Gasteiger partial charge on any atom is -0.492 e. The van der Waals surface area contributed by atoms with Gasteiger partial charge in [0.2, 0.25) is 0 Å². The fraction of sp³-hybridized carbons (Fsp3) is 0.364. The Morgan fingerprint density at radius 3 is 2.81 bits per heavy atom. The van der Waals surface area contributed by atoms with Crippen LogP contribution in [0.5, 0.6) is 5.75 Å². The van der Waals surface area contributed by atoms with Crippen LogP contribution in [0.25, 0.3) is 0 Å². The number of halogens is 1. The second-order valence-corrected chi connectivity index (χ2v) is 3.98. The average molecular weight is 245 g/mol. The van der Waals surface area contributed by atoms with Gasteiger partial charge in [0.15, 0.2) is 0 Å². The van der Waals surface area contributed by atoms with Gasteiger partial charge in [-0.2, -0.15) is 0 Å². The second kappa shape index (κ2) is 5.72. The van der Waals surface area contributed by atoms with Crippen LogP contribution in [0.15, 0.2) is 18.2 Å². The van der Waals surface area contributed by atoms with E-state index >= 15 is 0 Å². The topological polar surface area (TPSA) is 66.8 Å². The van der Waals surface area contributed by atoms with Gasteiger partial charge in [0.25, 0.3) is 0 Å². The van der Waals surface area contributed by atoms with E-state index in [4.69, 9.17) is 26.6 Å². The molecule has 0 heterocycles. The van der Waals surface area contributed by atoms with Gasteiger partial charge in [-0.25, -0.2) is 4.79 Å². The van der Waals surface area contributed by atoms with Crippen molar-refractivity contribution in [2.75, 3.05) is 13.2 Å². The molecule has 1 unspecified atom stereocenters. The fourth-order valence-corrected chi connectivity index (χ4v) is 1.25. The number of rotatable bonds is 5. The van der Waals surface area contributed by atoms with Gasteiger partial charge in [0, 0.05) is 17.5 Å². The zero-order valence-electron chi connectivity index (χ0n) is 8.81. The molecule has 0 saturated carbocycles. The number of carboxylic acids is 1. The molecule has 16 heavy (non-hydrogen) atoms. The summed E-state index contributed by atoms with van der Waals surface area (Å²) in [6, 6.07) is 4.41. The first kappa shape index (κ1) is 12.8. The van der Waals surface area contributed by atoms with Crippen LogP contribution in [-0.4, -0.2) is 29.4 Å². The van der Waals surface area contributed by atoms with Crippen molar-refractivity contribution >= 4 is 17.6 Å². The maximum absolute atomic E-state index is 10.9. The van der Waals surface area contributed by atoms with E-state index in [9.17, 15) is 4.79 Å². The summed E-state index contributed by atoms with van der Waals surface area (Å²) < 4.78 is 5.31. The predicted octanol–water partition coefficient (Wildman–Crippen LogP) is 2.05. The molecule has 0 amide bonds. The molecule has 0 bridgehead atoms. The highest BCUT2D eigenvalue weighted by Crippen LogP contribution is 2.23. The quantitative estimate of drug-likeness (QED) is 0.832. The number of aromatic carboxylic acids is 1. The molecule has 0 spiro atoms. The zero-order valence-corrected chi connectivity index (χ0v) is 9.57. The smallest absolute Gasteiger partial charge is 0.339 e. The summed E-state index contributed by atoms with van der Waals surface area (Å²) in [5, 5.41) is 18.1. The number of aliphatic hydroxyl groups is 1. The fourth-order valence-electron chi connectivity index (χ4n) is 1.08. The monoisotopic (exact) mass is 244 g/mol. The number of carboxylic acid groups (broad SMARTS) is 1. The van der Waals surface area contributed by atoms with Crippen molar-refractivity contribution in [2.24, 2.45) is 5.92 Å². The van der Waals surface area contributed by atoms with E-state index in [-0.39, 0.29) is 30.4 Å². The maximum atomic E-state index is 10.9. The SMILES string of the molecule is CC(CO)COc1ccc(Cl)cc1C(=O)O. The first-order chi connectivity index (χ1) is 7.54. The molecule has 2 N–H and O–H groups in total. The molecule has 0 aromatic heterocycles. The van der Waals surface area contributed by atoms with Gasteiger partial charge in [-0.3, -0.25) is 0 Å². The molecule has 0 fully saturated rings. The van der Waals surface area contributed by atoms with Crippen LogP contribution in [0, 0.1) is 5.92 Å². The van der Waals surface area contributed by atoms with E-state index < -0.39 is 5.97 Å². The molecule has 0 aliphatic carbocycles. The molecule has 5 heteroatoms. The Bertz CT molecular complexity index is 378. The van der Waals surface area contributed by atoms with Crippen molar-refractivity contribution in [1.82, 2.24) is 0 Å². The average Bonchev–Trinajstić information content (AvgIpc) is 2.26. The Morgan fingerprint density at radius 1 is 1.56 bits per heavy atom. The van der Waals surface area contributed by atoms with E-state index in [1.54, 1.807) is 13.0 Å². The first-order valence-electron chi connectivity index (χ1n) is 4.81. The van der Waals surface area contributed by atoms with E-state index in [2.05, 4.69) is 0 Å². The van der Waals surface area contributed by atoms with Gasteiger partial charge >= 0.3 is 5.97 Å². The molecular formula is C11H13ClO4. The Hall–Kier alpha value is -1.26. The van der Waals surface area contributed by atoms with Gasteiger partial charge in [-0.1, -0.05) is 18.5 Å². The molecule has 0 aliphatic heterocycles. The van der Waals surface area contributed by atoms with Crippen LogP contribution in [-0.2, 0) is 0 Å². The molecule has 0 radical (unpaired) electrons.